The minimum atomic E-state index is 0.140. The Labute approximate surface area is 167 Å². The third-order valence-electron chi connectivity index (χ3n) is 3.13. The smallest absolute Gasteiger partial charge is 0.156 e. The number of nitrogens with one attached hydrogen (secondary N) is 1. The van der Waals surface area contributed by atoms with Gasteiger partial charge in [-0.1, -0.05) is 64.6 Å². The first kappa shape index (κ1) is 20.1. The van der Waals surface area contributed by atoms with Crippen LogP contribution in [0.5, 0.6) is 11.5 Å². The Morgan fingerprint density at radius 2 is 1.68 bits per heavy atom. The maximum atomic E-state index is 6.21. The van der Waals surface area contributed by atoms with Crippen LogP contribution in [-0.4, -0.2) is 19.8 Å². The Balaban J connectivity index is 1.80. The first-order valence-corrected chi connectivity index (χ1v) is 9.12. The van der Waals surface area contributed by atoms with Crippen molar-refractivity contribution in [2.75, 3.05) is 25.1 Å². The molecule has 0 unspecified atom stereocenters. The summed E-state index contributed by atoms with van der Waals surface area (Å²) in [4.78, 5) is 0. The van der Waals surface area contributed by atoms with Crippen molar-refractivity contribution in [3.05, 3.63) is 63.1 Å². The molecular weight excluding hydrogens is 404 g/mol. The van der Waals surface area contributed by atoms with Gasteiger partial charge in [0.2, 0.25) is 0 Å². The van der Waals surface area contributed by atoms with Gasteiger partial charge in [-0.2, -0.15) is 0 Å². The van der Waals surface area contributed by atoms with Crippen LogP contribution in [0.2, 0.25) is 10.0 Å². The molecule has 2 aromatic carbocycles. The number of ether oxygens (including phenoxy) is 2. The van der Waals surface area contributed by atoms with Crippen molar-refractivity contribution in [2.24, 2.45) is 0 Å². The number of rotatable bonds is 9. The molecule has 0 atom stereocenters. The summed E-state index contributed by atoms with van der Waals surface area (Å²) < 4.78 is 11.3. The monoisotopic (exact) mass is 419 g/mol. The van der Waals surface area contributed by atoms with Gasteiger partial charge >= 0.3 is 0 Å². The summed E-state index contributed by atoms with van der Waals surface area (Å²) in [5, 5.41) is 4.09. The lowest BCUT2D eigenvalue weighted by molar-refractivity contribution is 0.313. The molecule has 0 aliphatic heterocycles. The van der Waals surface area contributed by atoms with Gasteiger partial charge in [0.1, 0.15) is 16.8 Å². The molecule has 0 radical (unpaired) electrons. The van der Waals surface area contributed by atoms with Crippen molar-refractivity contribution < 1.29 is 9.47 Å². The van der Waals surface area contributed by atoms with E-state index in [2.05, 4.69) is 5.32 Å². The lowest BCUT2D eigenvalue weighted by Gasteiger charge is -2.12. The van der Waals surface area contributed by atoms with Crippen LogP contribution in [0.4, 0.5) is 5.69 Å². The van der Waals surface area contributed by atoms with Crippen LogP contribution >= 0.6 is 46.4 Å². The van der Waals surface area contributed by atoms with Crippen molar-refractivity contribution in [2.45, 2.75) is 6.42 Å². The van der Waals surface area contributed by atoms with Crippen molar-refractivity contribution in [1.82, 2.24) is 0 Å². The lowest BCUT2D eigenvalue weighted by atomic mass is 10.3. The maximum absolute atomic E-state index is 6.21. The van der Waals surface area contributed by atoms with Crippen LogP contribution in [-0.2, 0) is 0 Å². The molecule has 25 heavy (non-hydrogen) atoms. The number of halogens is 4. The fourth-order valence-corrected chi connectivity index (χ4v) is 2.70. The number of hydrogen-bond acceptors (Lipinski definition) is 3. The summed E-state index contributed by atoms with van der Waals surface area (Å²) in [6, 6.07) is 13.3. The van der Waals surface area contributed by atoms with Crippen molar-refractivity contribution in [1.29, 1.82) is 0 Å². The summed E-state index contributed by atoms with van der Waals surface area (Å²) in [5.74, 6) is 0.959. The molecule has 7 heteroatoms. The van der Waals surface area contributed by atoms with Gasteiger partial charge in [-0.05, 0) is 24.6 Å². The van der Waals surface area contributed by atoms with E-state index in [1.807, 2.05) is 30.3 Å². The highest BCUT2D eigenvalue weighted by atomic mass is 35.5. The molecule has 2 rings (SSSR count). The van der Waals surface area contributed by atoms with E-state index in [-0.39, 0.29) is 11.1 Å². The molecule has 0 spiro atoms. The number of para-hydroxylation sites is 1. The van der Waals surface area contributed by atoms with Crippen LogP contribution < -0.4 is 14.8 Å². The first-order chi connectivity index (χ1) is 12.1. The number of benzene rings is 2. The lowest BCUT2D eigenvalue weighted by Crippen LogP contribution is -2.07. The van der Waals surface area contributed by atoms with Gasteiger partial charge in [0.25, 0.3) is 0 Å². The zero-order chi connectivity index (χ0) is 18.1. The first-order valence-electron chi connectivity index (χ1n) is 7.61. The van der Waals surface area contributed by atoms with E-state index in [0.717, 1.165) is 18.7 Å². The molecule has 0 amide bonds. The number of hydrogen-bond donors (Lipinski definition) is 1. The van der Waals surface area contributed by atoms with E-state index < -0.39 is 0 Å². The van der Waals surface area contributed by atoms with Crippen LogP contribution in [0.3, 0.4) is 0 Å². The van der Waals surface area contributed by atoms with Crippen molar-refractivity contribution in [3.8, 4) is 11.5 Å². The van der Waals surface area contributed by atoms with Gasteiger partial charge in [0, 0.05) is 24.4 Å². The molecule has 0 aromatic heterocycles. The summed E-state index contributed by atoms with van der Waals surface area (Å²) in [6.07, 6.45) is 2.33. The molecule has 3 nitrogen and oxygen atoms in total. The standard InChI is InChI=1S/C18H17Cl4NO2/c19-15-11-14(24-10-7-17(21)22)12-16(20)18(15)25-9-4-8-23-13-5-2-1-3-6-13/h1-3,5-7,11-12,23H,4,8-10H2. The molecule has 0 heterocycles. The zero-order valence-electron chi connectivity index (χ0n) is 13.3. The second-order valence-electron chi connectivity index (χ2n) is 5.02. The van der Waals surface area contributed by atoms with Gasteiger partial charge in [0.05, 0.1) is 16.7 Å². The Hall–Kier alpha value is -1.26. The minimum Gasteiger partial charge on any atom is -0.490 e. The van der Waals surface area contributed by atoms with Gasteiger partial charge < -0.3 is 14.8 Å². The van der Waals surface area contributed by atoms with E-state index in [1.165, 1.54) is 6.08 Å². The summed E-state index contributed by atoms with van der Waals surface area (Å²) >= 11 is 23.5. The minimum absolute atomic E-state index is 0.140. The second-order valence-corrected chi connectivity index (χ2v) is 6.84. The highest BCUT2D eigenvalue weighted by molar-refractivity contribution is 6.55. The molecule has 2 aromatic rings. The van der Waals surface area contributed by atoms with Crippen LogP contribution in [0.15, 0.2) is 53.0 Å². The predicted molar refractivity (Wildman–Crippen MR) is 107 cm³/mol. The number of anilines is 1. The fourth-order valence-electron chi connectivity index (χ4n) is 1.99. The Morgan fingerprint density at radius 1 is 1.00 bits per heavy atom. The van der Waals surface area contributed by atoms with E-state index >= 15 is 0 Å². The fraction of sp³-hybridized carbons (Fsp3) is 0.222. The van der Waals surface area contributed by atoms with Crippen molar-refractivity contribution in [3.63, 3.8) is 0 Å². The highest BCUT2D eigenvalue weighted by Gasteiger charge is 2.10. The quantitative estimate of drug-likeness (QED) is 0.465. The van der Waals surface area contributed by atoms with Gasteiger partial charge in [-0.25, -0.2) is 0 Å². The molecule has 0 aliphatic carbocycles. The maximum Gasteiger partial charge on any atom is 0.156 e. The molecule has 1 N–H and O–H groups in total. The molecule has 0 saturated carbocycles. The molecule has 0 bridgehead atoms. The van der Waals surface area contributed by atoms with Crippen LogP contribution in [0.1, 0.15) is 6.42 Å². The van der Waals surface area contributed by atoms with Gasteiger partial charge in [0.15, 0.2) is 5.75 Å². The molecular formula is C18H17Cl4NO2. The average Bonchev–Trinajstić information content (AvgIpc) is 2.57. The molecule has 134 valence electrons. The topological polar surface area (TPSA) is 30.5 Å². The van der Waals surface area contributed by atoms with Crippen LogP contribution in [0.25, 0.3) is 0 Å². The average molecular weight is 421 g/mol. The van der Waals surface area contributed by atoms with E-state index in [0.29, 0.717) is 28.2 Å². The third-order valence-corrected chi connectivity index (χ3v) is 4.00. The highest BCUT2D eigenvalue weighted by Crippen LogP contribution is 2.37. The van der Waals surface area contributed by atoms with E-state index in [1.54, 1.807) is 12.1 Å². The summed E-state index contributed by atoms with van der Waals surface area (Å²) in [5.41, 5.74) is 1.08. The van der Waals surface area contributed by atoms with Crippen LogP contribution in [0, 0.1) is 0 Å². The Morgan fingerprint density at radius 3 is 2.32 bits per heavy atom. The normalized spacial score (nSPS) is 10.2. The second kappa shape index (κ2) is 10.7. The predicted octanol–water partition coefficient (Wildman–Crippen LogP) is 6.57. The SMILES string of the molecule is ClC(Cl)=CCOc1cc(Cl)c(OCCCNc2ccccc2)c(Cl)c1. The Bertz CT molecular complexity index is 680. The Kier molecular flexibility index (Phi) is 8.56. The third kappa shape index (κ3) is 7.25. The molecule has 0 saturated heterocycles. The van der Waals surface area contributed by atoms with E-state index in [4.69, 9.17) is 55.9 Å². The van der Waals surface area contributed by atoms with E-state index in [9.17, 15) is 0 Å². The summed E-state index contributed by atoms with van der Waals surface area (Å²) in [7, 11) is 0. The van der Waals surface area contributed by atoms with Gasteiger partial charge in [-0.15, -0.1) is 0 Å². The molecule has 0 fully saturated rings. The van der Waals surface area contributed by atoms with Gasteiger partial charge in [-0.3, -0.25) is 0 Å². The zero-order valence-corrected chi connectivity index (χ0v) is 16.3. The molecule has 0 aliphatic rings. The summed E-state index contributed by atoms with van der Waals surface area (Å²) in [6.45, 7) is 1.50. The van der Waals surface area contributed by atoms with Crippen molar-refractivity contribution >= 4 is 52.1 Å². The largest absolute Gasteiger partial charge is 0.490 e.